The Morgan fingerprint density at radius 2 is 1.58 bits per heavy atom. The van der Waals surface area contributed by atoms with Crippen molar-refractivity contribution >= 4 is 39.1 Å². The van der Waals surface area contributed by atoms with E-state index in [1.165, 1.54) is 36.2 Å². The molecule has 0 bridgehead atoms. The fourth-order valence-electron chi connectivity index (χ4n) is 3.82. The summed E-state index contributed by atoms with van der Waals surface area (Å²) in [5, 5.41) is 2.95. The third-order valence-electron chi connectivity index (χ3n) is 6.00. The van der Waals surface area contributed by atoms with E-state index in [4.69, 9.17) is 16.3 Å². The number of benzene rings is 3. The van der Waals surface area contributed by atoms with Crippen molar-refractivity contribution in [1.29, 1.82) is 0 Å². The van der Waals surface area contributed by atoms with Crippen molar-refractivity contribution < 1.29 is 22.7 Å². The van der Waals surface area contributed by atoms with Crippen molar-refractivity contribution in [3.63, 3.8) is 0 Å². The molecule has 0 radical (unpaired) electrons. The van der Waals surface area contributed by atoms with Crippen LogP contribution in [-0.4, -0.2) is 51.4 Å². The van der Waals surface area contributed by atoms with Crippen LogP contribution in [0.4, 0.5) is 5.69 Å². The molecule has 0 aromatic heterocycles. The minimum absolute atomic E-state index is 0.0204. The predicted octanol–water partition coefficient (Wildman–Crippen LogP) is 4.41. The molecule has 10 heteroatoms. The Kier molecular flexibility index (Phi) is 9.77. The molecule has 38 heavy (non-hydrogen) atoms. The molecule has 0 saturated heterocycles. The Morgan fingerprint density at radius 3 is 2.13 bits per heavy atom. The van der Waals surface area contributed by atoms with Crippen molar-refractivity contribution in [2.75, 3.05) is 24.5 Å². The maximum Gasteiger partial charge on any atom is 0.264 e. The van der Waals surface area contributed by atoms with Crippen LogP contribution < -0.4 is 14.4 Å². The summed E-state index contributed by atoms with van der Waals surface area (Å²) in [6.45, 7) is 5.48. The van der Waals surface area contributed by atoms with E-state index in [9.17, 15) is 18.0 Å². The fraction of sp³-hybridized carbons (Fsp3) is 0.286. The molecule has 1 N–H and O–H groups in total. The van der Waals surface area contributed by atoms with Crippen LogP contribution in [0.1, 0.15) is 25.0 Å². The number of carbonyl (C=O) groups is 2. The smallest absolute Gasteiger partial charge is 0.264 e. The van der Waals surface area contributed by atoms with Crippen molar-refractivity contribution in [2.45, 2.75) is 38.3 Å². The second-order valence-electron chi connectivity index (χ2n) is 8.69. The van der Waals surface area contributed by atoms with E-state index in [1.54, 1.807) is 31.2 Å². The van der Waals surface area contributed by atoms with E-state index >= 15 is 0 Å². The number of anilines is 1. The van der Waals surface area contributed by atoms with E-state index in [0.717, 1.165) is 15.4 Å². The van der Waals surface area contributed by atoms with Gasteiger partial charge in [0.25, 0.3) is 10.0 Å². The third kappa shape index (κ3) is 7.05. The number of likely N-dealkylation sites (N-methyl/N-ethyl adjacent to an activating group) is 1. The number of nitrogens with one attached hydrogen (secondary N) is 1. The van der Waals surface area contributed by atoms with Gasteiger partial charge in [0.2, 0.25) is 11.8 Å². The Morgan fingerprint density at radius 1 is 0.974 bits per heavy atom. The highest BCUT2D eigenvalue weighted by Gasteiger charge is 2.32. The van der Waals surface area contributed by atoms with Gasteiger partial charge in [-0.1, -0.05) is 41.4 Å². The lowest BCUT2D eigenvalue weighted by atomic mass is 10.1. The number of ether oxygens (including phenoxy) is 1. The summed E-state index contributed by atoms with van der Waals surface area (Å²) in [4.78, 5) is 27.7. The van der Waals surface area contributed by atoms with E-state index in [-0.39, 0.29) is 23.0 Å². The van der Waals surface area contributed by atoms with E-state index in [0.29, 0.717) is 17.4 Å². The van der Waals surface area contributed by atoms with Gasteiger partial charge in [-0.25, -0.2) is 8.42 Å². The van der Waals surface area contributed by atoms with Crippen molar-refractivity contribution in [2.24, 2.45) is 0 Å². The topological polar surface area (TPSA) is 96.0 Å². The number of sulfonamides is 1. The first-order valence-corrected chi connectivity index (χ1v) is 14.0. The molecular formula is C28H32ClN3O5S. The van der Waals surface area contributed by atoms with Crippen LogP contribution in [0, 0.1) is 6.92 Å². The first kappa shape index (κ1) is 29.0. The zero-order valence-electron chi connectivity index (χ0n) is 21.8. The Hall–Kier alpha value is -3.56. The summed E-state index contributed by atoms with van der Waals surface area (Å²) >= 11 is 5.98. The summed E-state index contributed by atoms with van der Waals surface area (Å²) in [7, 11) is -2.68. The second kappa shape index (κ2) is 12.8. The van der Waals surface area contributed by atoms with E-state index < -0.39 is 28.5 Å². The highest BCUT2D eigenvalue weighted by Crippen LogP contribution is 2.27. The van der Waals surface area contributed by atoms with Crippen LogP contribution >= 0.6 is 11.6 Å². The molecule has 1 atom stereocenters. The lowest BCUT2D eigenvalue weighted by molar-refractivity contribution is -0.139. The SMILES string of the molecule is CCOc1ccc(N(CC(=O)N(Cc2ccc(C)cc2)[C@H](C)C(=O)NC)S(=O)(=O)c2ccc(Cl)cc2)cc1. The zero-order valence-corrected chi connectivity index (χ0v) is 23.4. The van der Waals surface area contributed by atoms with Gasteiger partial charge in [-0.15, -0.1) is 0 Å². The molecule has 8 nitrogen and oxygen atoms in total. The summed E-state index contributed by atoms with van der Waals surface area (Å²) in [5.74, 6) is -0.326. The molecule has 0 unspecified atom stereocenters. The number of hydrogen-bond acceptors (Lipinski definition) is 5. The summed E-state index contributed by atoms with van der Waals surface area (Å²) < 4.78 is 34.1. The molecule has 0 aliphatic heterocycles. The van der Waals surface area contributed by atoms with Gasteiger partial charge in [-0.3, -0.25) is 13.9 Å². The van der Waals surface area contributed by atoms with Crippen LogP contribution in [0.5, 0.6) is 5.75 Å². The van der Waals surface area contributed by atoms with Gasteiger partial charge in [-0.05, 0) is 74.9 Å². The lowest BCUT2D eigenvalue weighted by Crippen LogP contribution is -2.50. The minimum Gasteiger partial charge on any atom is -0.494 e. The molecular weight excluding hydrogens is 526 g/mol. The fourth-order valence-corrected chi connectivity index (χ4v) is 5.36. The van der Waals surface area contributed by atoms with Crippen molar-refractivity contribution in [3.8, 4) is 5.75 Å². The van der Waals surface area contributed by atoms with E-state index in [1.807, 2.05) is 38.1 Å². The maximum absolute atomic E-state index is 13.8. The largest absolute Gasteiger partial charge is 0.494 e. The normalized spacial score (nSPS) is 11.9. The number of amides is 2. The predicted molar refractivity (Wildman–Crippen MR) is 149 cm³/mol. The standard InChI is InChI=1S/C28H32ClN3O5S/c1-5-37-25-14-12-24(13-15-25)32(38(35,36)26-16-10-23(29)11-17-26)19-27(33)31(21(3)28(34)30-4)18-22-8-6-20(2)7-9-22/h6-17,21H,5,18-19H2,1-4H3,(H,30,34)/t21-/m1/s1. The molecule has 0 fully saturated rings. The quantitative estimate of drug-likeness (QED) is 0.377. The first-order chi connectivity index (χ1) is 18.1. The molecule has 202 valence electrons. The van der Waals surface area contributed by atoms with Crippen LogP contribution in [0.15, 0.2) is 77.7 Å². The van der Waals surface area contributed by atoms with Gasteiger partial charge in [0.15, 0.2) is 0 Å². The summed E-state index contributed by atoms with van der Waals surface area (Å²) in [5.41, 5.74) is 2.15. The molecule has 0 heterocycles. The third-order valence-corrected chi connectivity index (χ3v) is 8.04. The molecule has 3 aromatic rings. The minimum atomic E-state index is -4.17. The average molecular weight is 558 g/mol. The van der Waals surface area contributed by atoms with Crippen molar-refractivity contribution in [1.82, 2.24) is 10.2 Å². The number of rotatable bonds is 11. The van der Waals surface area contributed by atoms with Gasteiger partial charge in [0.05, 0.1) is 17.2 Å². The number of nitrogens with zero attached hydrogens (tertiary/aromatic N) is 2. The Balaban J connectivity index is 2.02. The first-order valence-electron chi connectivity index (χ1n) is 12.1. The number of aryl methyl sites for hydroxylation is 1. The zero-order chi connectivity index (χ0) is 27.9. The summed E-state index contributed by atoms with van der Waals surface area (Å²) in [6, 6.07) is 18.9. The lowest BCUT2D eigenvalue weighted by Gasteiger charge is -2.31. The Labute approximate surface area is 229 Å². The van der Waals surface area contributed by atoms with Crippen LogP contribution in [0.3, 0.4) is 0 Å². The second-order valence-corrected chi connectivity index (χ2v) is 11.0. The van der Waals surface area contributed by atoms with Crippen LogP contribution in [0.2, 0.25) is 5.02 Å². The van der Waals surface area contributed by atoms with Gasteiger partial charge in [0.1, 0.15) is 18.3 Å². The van der Waals surface area contributed by atoms with Gasteiger partial charge < -0.3 is 15.0 Å². The average Bonchev–Trinajstić information content (AvgIpc) is 2.91. The number of halogens is 1. The highest BCUT2D eigenvalue weighted by molar-refractivity contribution is 7.92. The summed E-state index contributed by atoms with van der Waals surface area (Å²) in [6.07, 6.45) is 0. The number of hydrogen-bond donors (Lipinski definition) is 1. The molecule has 0 aliphatic carbocycles. The van der Waals surface area contributed by atoms with Crippen molar-refractivity contribution in [3.05, 3.63) is 88.9 Å². The molecule has 3 rings (SSSR count). The molecule has 3 aromatic carbocycles. The molecule has 2 amide bonds. The van der Waals surface area contributed by atoms with Crippen LogP contribution in [0.25, 0.3) is 0 Å². The van der Waals surface area contributed by atoms with Crippen LogP contribution in [-0.2, 0) is 26.2 Å². The molecule has 0 saturated carbocycles. The monoisotopic (exact) mass is 557 g/mol. The maximum atomic E-state index is 13.8. The Bertz CT molecular complexity index is 1340. The number of carbonyl (C=O) groups excluding carboxylic acids is 2. The highest BCUT2D eigenvalue weighted by atomic mass is 35.5. The van der Waals surface area contributed by atoms with Gasteiger partial charge in [-0.2, -0.15) is 0 Å². The van der Waals surface area contributed by atoms with E-state index in [2.05, 4.69) is 5.32 Å². The molecule has 0 aliphatic rings. The molecule has 0 spiro atoms. The van der Waals surface area contributed by atoms with Gasteiger partial charge in [0, 0.05) is 18.6 Å². The van der Waals surface area contributed by atoms with Gasteiger partial charge >= 0.3 is 0 Å².